The molecule has 1 heterocycles. The average molecular weight is 304 g/mol. The van der Waals surface area contributed by atoms with Crippen LogP contribution < -0.4 is 0 Å². The zero-order valence-corrected chi connectivity index (χ0v) is 9.11. The fourth-order valence-corrected chi connectivity index (χ4v) is 1.82. The van der Waals surface area contributed by atoms with Crippen molar-refractivity contribution >= 4 is 49.4 Å². The van der Waals surface area contributed by atoms with E-state index in [1.54, 1.807) is 11.3 Å². The molecule has 0 amide bonds. The molecule has 2 N–H and O–H groups in total. The number of rotatable bonds is 0. The maximum absolute atomic E-state index is 8.56. The number of thiophene rings is 1. The first-order valence-corrected chi connectivity index (χ1v) is 4.81. The molecule has 0 spiro atoms. The van der Waals surface area contributed by atoms with Crippen LogP contribution in [0.1, 0.15) is 0 Å². The summed E-state index contributed by atoms with van der Waals surface area (Å²) in [5.74, 6) is 0. The zero-order chi connectivity index (χ0) is 8.85. The van der Waals surface area contributed by atoms with Crippen molar-refractivity contribution in [2.24, 2.45) is 0 Å². The van der Waals surface area contributed by atoms with E-state index in [-0.39, 0.29) is 0 Å². The van der Waals surface area contributed by atoms with Gasteiger partial charge in [0.15, 0.2) is 0 Å². The van der Waals surface area contributed by atoms with Gasteiger partial charge in [-0.15, -0.1) is 11.3 Å². The molecule has 0 aliphatic rings. The summed E-state index contributed by atoms with van der Waals surface area (Å²) in [4.78, 5) is 8.56. The van der Waals surface area contributed by atoms with Gasteiger partial charge in [-0.1, -0.05) is 0 Å². The second kappa shape index (κ2) is 5.56. The molecule has 1 aromatic heterocycles. The van der Waals surface area contributed by atoms with Crippen molar-refractivity contribution in [2.45, 2.75) is 0 Å². The smallest absolute Gasteiger partial charge is 0.450 e. The molecular formula is C5H4Br2O3S. The second-order valence-electron chi connectivity index (χ2n) is 1.32. The number of carbonyl (C=O) groups is 1. The van der Waals surface area contributed by atoms with Crippen molar-refractivity contribution in [1.29, 1.82) is 0 Å². The van der Waals surface area contributed by atoms with Crippen molar-refractivity contribution in [3.63, 3.8) is 0 Å². The van der Waals surface area contributed by atoms with E-state index in [2.05, 4.69) is 31.9 Å². The molecule has 0 aliphatic heterocycles. The predicted octanol–water partition coefficient (Wildman–Crippen LogP) is 3.50. The molecule has 0 aromatic carbocycles. The van der Waals surface area contributed by atoms with E-state index in [1.807, 2.05) is 11.4 Å². The Morgan fingerprint density at radius 1 is 1.45 bits per heavy atom. The molecule has 1 rings (SSSR count). The van der Waals surface area contributed by atoms with Gasteiger partial charge in [0.05, 0.1) is 3.79 Å². The lowest BCUT2D eigenvalue weighted by atomic mass is 10.7. The second-order valence-corrected chi connectivity index (χ2v) is 4.41. The third kappa shape index (κ3) is 6.33. The Hall–Kier alpha value is -0.0700. The maximum atomic E-state index is 8.56. The van der Waals surface area contributed by atoms with E-state index in [0.29, 0.717) is 0 Å². The van der Waals surface area contributed by atoms with E-state index in [4.69, 9.17) is 15.0 Å². The third-order valence-corrected chi connectivity index (χ3v) is 3.72. The van der Waals surface area contributed by atoms with E-state index >= 15 is 0 Å². The Bertz CT molecular complexity index is 215. The largest absolute Gasteiger partial charge is 0.503 e. The van der Waals surface area contributed by atoms with Crippen molar-refractivity contribution in [3.05, 3.63) is 19.7 Å². The van der Waals surface area contributed by atoms with Crippen LogP contribution in [-0.2, 0) is 0 Å². The van der Waals surface area contributed by atoms with Crippen molar-refractivity contribution < 1.29 is 15.0 Å². The molecule has 0 radical (unpaired) electrons. The van der Waals surface area contributed by atoms with Crippen LogP contribution in [0.2, 0.25) is 0 Å². The maximum Gasteiger partial charge on any atom is 0.503 e. The first-order chi connectivity index (χ1) is 5.04. The van der Waals surface area contributed by atoms with Gasteiger partial charge in [0.2, 0.25) is 0 Å². The molecule has 0 saturated heterocycles. The summed E-state index contributed by atoms with van der Waals surface area (Å²) in [7, 11) is 0. The highest BCUT2D eigenvalue weighted by Gasteiger charge is 1.91. The van der Waals surface area contributed by atoms with Gasteiger partial charge in [-0.3, -0.25) is 0 Å². The van der Waals surface area contributed by atoms with Gasteiger partial charge in [0.25, 0.3) is 0 Å². The SMILES string of the molecule is Brc1ccsc1Br.O=C(O)O. The van der Waals surface area contributed by atoms with E-state index in [0.717, 1.165) is 8.26 Å². The van der Waals surface area contributed by atoms with Gasteiger partial charge in [-0.2, -0.15) is 0 Å². The van der Waals surface area contributed by atoms with Crippen LogP contribution in [0.15, 0.2) is 19.7 Å². The lowest BCUT2D eigenvalue weighted by Gasteiger charge is -1.74. The molecule has 0 saturated carbocycles. The van der Waals surface area contributed by atoms with Crippen molar-refractivity contribution in [1.82, 2.24) is 0 Å². The molecule has 0 unspecified atom stereocenters. The lowest BCUT2D eigenvalue weighted by Crippen LogP contribution is -1.81. The number of hydrogen-bond donors (Lipinski definition) is 2. The molecule has 3 nitrogen and oxygen atoms in total. The van der Waals surface area contributed by atoms with Gasteiger partial charge in [0, 0.05) is 4.47 Å². The van der Waals surface area contributed by atoms with Gasteiger partial charge >= 0.3 is 6.16 Å². The minimum absolute atomic E-state index is 1.14. The first-order valence-electron chi connectivity index (χ1n) is 2.34. The standard InChI is InChI=1S/C4H2Br2S.CH2O3/c5-3-1-2-7-4(3)6;2-1(3)4/h1-2H;(H2,2,3,4). The normalized spacial score (nSPS) is 8.18. The van der Waals surface area contributed by atoms with Gasteiger partial charge in [0.1, 0.15) is 0 Å². The van der Waals surface area contributed by atoms with E-state index in [9.17, 15) is 0 Å². The average Bonchev–Trinajstić information content (AvgIpc) is 2.15. The van der Waals surface area contributed by atoms with Crippen LogP contribution in [0, 0.1) is 0 Å². The highest BCUT2D eigenvalue weighted by molar-refractivity contribution is 9.13. The Morgan fingerprint density at radius 3 is 2.00 bits per heavy atom. The summed E-state index contributed by atoms with van der Waals surface area (Å²) in [6.07, 6.45) is -1.83. The minimum Gasteiger partial charge on any atom is -0.450 e. The highest BCUT2D eigenvalue weighted by Crippen LogP contribution is 2.27. The van der Waals surface area contributed by atoms with Crippen LogP contribution in [0.25, 0.3) is 0 Å². The van der Waals surface area contributed by atoms with Crippen LogP contribution in [0.5, 0.6) is 0 Å². The van der Waals surface area contributed by atoms with Gasteiger partial charge < -0.3 is 10.2 Å². The Kier molecular flexibility index (Phi) is 5.53. The Labute approximate surface area is 83.9 Å². The zero-order valence-electron chi connectivity index (χ0n) is 5.12. The summed E-state index contributed by atoms with van der Waals surface area (Å²) in [6, 6.07) is 2.01. The van der Waals surface area contributed by atoms with Crippen LogP contribution in [-0.4, -0.2) is 16.4 Å². The molecule has 1 aromatic rings. The fraction of sp³-hybridized carbons (Fsp3) is 0. The monoisotopic (exact) mass is 302 g/mol. The number of halogens is 2. The first kappa shape index (κ1) is 10.9. The fourth-order valence-electron chi connectivity index (χ4n) is 0.275. The van der Waals surface area contributed by atoms with Crippen molar-refractivity contribution in [3.8, 4) is 0 Å². The lowest BCUT2D eigenvalue weighted by molar-refractivity contribution is 0.137. The predicted molar refractivity (Wildman–Crippen MR) is 50.4 cm³/mol. The summed E-state index contributed by atoms with van der Waals surface area (Å²) < 4.78 is 2.30. The molecular weight excluding hydrogens is 300 g/mol. The molecule has 0 atom stereocenters. The van der Waals surface area contributed by atoms with E-state index < -0.39 is 6.16 Å². The molecule has 0 fully saturated rings. The Morgan fingerprint density at radius 2 is 1.91 bits per heavy atom. The Balaban J connectivity index is 0.000000218. The van der Waals surface area contributed by atoms with E-state index in [1.165, 1.54) is 0 Å². The quantitative estimate of drug-likeness (QED) is 0.771. The summed E-state index contributed by atoms with van der Waals surface area (Å²) in [6.45, 7) is 0. The number of carboxylic acid groups (broad SMARTS) is 2. The molecule has 6 heteroatoms. The molecule has 62 valence electrons. The molecule has 11 heavy (non-hydrogen) atoms. The summed E-state index contributed by atoms with van der Waals surface area (Å²) in [5, 5.41) is 16.0. The molecule has 0 bridgehead atoms. The number of hydrogen-bond acceptors (Lipinski definition) is 2. The van der Waals surface area contributed by atoms with Crippen LogP contribution in [0.4, 0.5) is 4.79 Å². The summed E-state index contributed by atoms with van der Waals surface area (Å²) >= 11 is 8.34. The topological polar surface area (TPSA) is 57.5 Å². The highest BCUT2D eigenvalue weighted by atomic mass is 79.9. The van der Waals surface area contributed by atoms with Gasteiger partial charge in [-0.25, -0.2) is 4.79 Å². The summed E-state index contributed by atoms with van der Waals surface area (Å²) in [5.41, 5.74) is 0. The van der Waals surface area contributed by atoms with Crippen molar-refractivity contribution in [2.75, 3.05) is 0 Å². The van der Waals surface area contributed by atoms with Crippen LogP contribution >= 0.6 is 43.2 Å². The minimum atomic E-state index is -1.83. The molecule has 0 aliphatic carbocycles. The van der Waals surface area contributed by atoms with Crippen LogP contribution in [0.3, 0.4) is 0 Å². The third-order valence-electron chi connectivity index (χ3n) is 0.574. The van der Waals surface area contributed by atoms with Gasteiger partial charge in [-0.05, 0) is 43.3 Å².